The highest BCUT2D eigenvalue weighted by molar-refractivity contribution is 7.90. The first kappa shape index (κ1) is 27.8. The first-order valence-electron chi connectivity index (χ1n) is 13.2. The molecule has 1 amide bonds. The van der Waals surface area contributed by atoms with Crippen LogP contribution in [0.15, 0.2) is 53.6 Å². The van der Waals surface area contributed by atoms with Crippen molar-refractivity contribution in [1.29, 1.82) is 0 Å². The highest BCUT2D eigenvalue weighted by Crippen LogP contribution is 2.41. The van der Waals surface area contributed by atoms with Crippen molar-refractivity contribution in [3.8, 4) is 17.0 Å². The maximum absolute atomic E-state index is 14.6. The number of hydrogen-bond donors (Lipinski definition) is 2. The summed E-state index contributed by atoms with van der Waals surface area (Å²) >= 11 is 0. The smallest absolute Gasteiger partial charge is 0.281 e. The summed E-state index contributed by atoms with van der Waals surface area (Å²) in [5, 5.41) is -0.373. The minimum atomic E-state index is -4.31. The van der Waals surface area contributed by atoms with E-state index in [1.807, 2.05) is 18.7 Å². The second kappa shape index (κ2) is 11.0. The van der Waals surface area contributed by atoms with Gasteiger partial charge in [0.25, 0.3) is 15.9 Å². The molecular weight excluding hydrogens is 537 g/mol. The van der Waals surface area contributed by atoms with Gasteiger partial charge in [0.1, 0.15) is 23.2 Å². The van der Waals surface area contributed by atoms with Crippen LogP contribution in [-0.2, 0) is 14.8 Å². The second-order valence-electron chi connectivity index (χ2n) is 10.6. The van der Waals surface area contributed by atoms with Crippen LogP contribution < -0.4 is 20.1 Å². The van der Waals surface area contributed by atoms with E-state index in [-0.39, 0.29) is 32.1 Å². The van der Waals surface area contributed by atoms with Gasteiger partial charge < -0.3 is 20.1 Å². The molecule has 1 aromatic carbocycles. The number of aromatic nitrogens is 2. The van der Waals surface area contributed by atoms with E-state index in [0.29, 0.717) is 49.2 Å². The summed E-state index contributed by atoms with van der Waals surface area (Å²) in [6, 6.07) is 11.6. The van der Waals surface area contributed by atoms with Gasteiger partial charge in [-0.25, -0.2) is 19.1 Å². The van der Waals surface area contributed by atoms with E-state index < -0.39 is 21.7 Å². The van der Waals surface area contributed by atoms with Gasteiger partial charge in [0.05, 0.1) is 30.0 Å². The molecule has 2 aliphatic heterocycles. The zero-order valence-electron chi connectivity index (χ0n) is 22.4. The van der Waals surface area contributed by atoms with Crippen LogP contribution in [-0.4, -0.2) is 56.2 Å². The summed E-state index contributed by atoms with van der Waals surface area (Å²) in [7, 11) is -4.31. The van der Waals surface area contributed by atoms with Gasteiger partial charge in [-0.15, -0.1) is 0 Å². The Bertz CT molecular complexity index is 1540. The molecule has 10 nitrogen and oxygen atoms in total. The molecule has 12 heteroatoms. The van der Waals surface area contributed by atoms with E-state index in [4.69, 9.17) is 20.2 Å². The second-order valence-corrected chi connectivity index (χ2v) is 12.2. The van der Waals surface area contributed by atoms with Crippen LogP contribution >= 0.6 is 0 Å². The third kappa shape index (κ3) is 5.73. The van der Waals surface area contributed by atoms with Crippen LogP contribution in [0.1, 0.15) is 47.7 Å². The number of sulfonamides is 1. The van der Waals surface area contributed by atoms with E-state index in [2.05, 4.69) is 9.71 Å². The van der Waals surface area contributed by atoms with Crippen molar-refractivity contribution in [3.63, 3.8) is 0 Å². The Balaban J connectivity index is 0.00000215. The quantitative estimate of drug-likeness (QED) is 0.397. The number of nitrogens with one attached hydrogen (secondary N) is 1. The summed E-state index contributed by atoms with van der Waals surface area (Å²) in [6.45, 7) is 6.08. The van der Waals surface area contributed by atoms with E-state index in [9.17, 15) is 17.6 Å². The molecule has 1 atom stereocenters. The summed E-state index contributed by atoms with van der Waals surface area (Å²) < 4.78 is 54.1. The monoisotopic (exact) mass is 575 g/mol. The minimum absolute atomic E-state index is 0. The fourth-order valence-corrected chi connectivity index (χ4v) is 6.08. The van der Waals surface area contributed by atoms with E-state index in [0.717, 1.165) is 19.3 Å². The standard InChI is InChI=1S/C28H32FN5O5S.3H2/c1-18(2)16-39-21-14-19(13-20(29)15-21)23-8-7-22(26(31-23)34-11-4-9-28(34)10-12-38-17-28)27(35)33-40(36,37)25-6-3-5-24(30)32-25;;;/h3,5-8,13-15,18H,4,9-12,16-17H2,1-2H3,(H2,30,32)(H,33,35);3*1H. The molecule has 0 radical (unpaired) electrons. The first-order valence-corrected chi connectivity index (χ1v) is 14.6. The molecule has 2 fully saturated rings. The number of benzene rings is 1. The third-order valence-corrected chi connectivity index (χ3v) is 8.28. The fraction of sp³-hybridized carbons (Fsp3) is 0.393. The zero-order chi connectivity index (χ0) is 28.5. The number of ether oxygens (including phenoxy) is 2. The van der Waals surface area contributed by atoms with Gasteiger partial charge in [-0.3, -0.25) is 4.79 Å². The zero-order valence-corrected chi connectivity index (χ0v) is 23.2. The maximum Gasteiger partial charge on any atom is 0.281 e. The van der Waals surface area contributed by atoms with Gasteiger partial charge in [-0.1, -0.05) is 19.9 Å². The Morgan fingerprint density at radius 1 is 1.23 bits per heavy atom. The van der Waals surface area contributed by atoms with Crippen LogP contribution in [0.3, 0.4) is 0 Å². The molecule has 4 heterocycles. The molecule has 2 aliphatic rings. The third-order valence-electron chi connectivity index (χ3n) is 7.05. The lowest BCUT2D eigenvalue weighted by Gasteiger charge is -2.35. The predicted molar refractivity (Wildman–Crippen MR) is 154 cm³/mol. The normalized spacial score (nSPS) is 18.9. The highest BCUT2D eigenvalue weighted by atomic mass is 32.2. The highest BCUT2D eigenvalue weighted by Gasteiger charge is 2.46. The molecule has 0 saturated carbocycles. The van der Waals surface area contributed by atoms with Crippen molar-refractivity contribution < 1.29 is 31.4 Å². The van der Waals surface area contributed by atoms with Gasteiger partial charge in [-0.05, 0) is 61.6 Å². The van der Waals surface area contributed by atoms with Crippen molar-refractivity contribution in [2.75, 3.05) is 37.0 Å². The molecule has 0 aliphatic carbocycles. The summed E-state index contributed by atoms with van der Waals surface area (Å²) in [5.74, 6) is -0.398. The number of rotatable bonds is 8. The molecule has 2 aromatic heterocycles. The van der Waals surface area contributed by atoms with Gasteiger partial charge in [-0.2, -0.15) is 8.42 Å². The average Bonchev–Trinajstić information content (AvgIpc) is 3.56. The largest absolute Gasteiger partial charge is 0.493 e. The number of pyridine rings is 2. The van der Waals surface area contributed by atoms with Crippen LogP contribution in [0.2, 0.25) is 0 Å². The van der Waals surface area contributed by atoms with Crippen molar-refractivity contribution >= 4 is 27.6 Å². The summed E-state index contributed by atoms with van der Waals surface area (Å²) in [6.07, 6.45) is 2.45. The van der Waals surface area contributed by atoms with Crippen LogP contribution in [0.25, 0.3) is 11.3 Å². The average molecular weight is 576 g/mol. The Morgan fingerprint density at radius 2 is 2.05 bits per heavy atom. The van der Waals surface area contributed by atoms with E-state index in [1.165, 1.54) is 36.4 Å². The number of carbonyl (C=O) groups is 1. The van der Waals surface area contributed by atoms with Gasteiger partial charge >= 0.3 is 0 Å². The van der Waals surface area contributed by atoms with Crippen molar-refractivity contribution in [2.24, 2.45) is 5.92 Å². The molecule has 5 rings (SSSR count). The maximum atomic E-state index is 14.6. The number of hydrogen-bond acceptors (Lipinski definition) is 9. The van der Waals surface area contributed by atoms with Crippen LogP contribution in [0.4, 0.5) is 16.0 Å². The fourth-order valence-electron chi connectivity index (χ4n) is 5.13. The van der Waals surface area contributed by atoms with E-state index in [1.54, 1.807) is 12.1 Å². The number of nitrogens with zero attached hydrogens (tertiary/aromatic N) is 3. The Labute approximate surface area is 237 Å². The lowest BCUT2D eigenvalue weighted by molar-refractivity contribution is 0.0981. The van der Waals surface area contributed by atoms with Crippen LogP contribution in [0, 0.1) is 11.7 Å². The molecule has 218 valence electrons. The Morgan fingerprint density at radius 3 is 2.77 bits per heavy atom. The van der Waals surface area contributed by atoms with Crippen LogP contribution in [0.5, 0.6) is 5.75 Å². The van der Waals surface area contributed by atoms with Gasteiger partial charge in [0, 0.05) is 29.1 Å². The number of nitrogens with two attached hydrogens (primary N) is 1. The number of amides is 1. The number of anilines is 2. The summed E-state index contributed by atoms with van der Waals surface area (Å²) in [4.78, 5) is 24.2. The molecule has 3 N–H and O–H groups in total. The number of carbonyl (C=O) groups excluding carboxylic acids is 1. The molecule has 0 bridgehead atoms. The molecular formula is C28H38FN5O5S. The SMILES string of the molecule is CC(C)COc1cc(F)cc(-c2ccc(C(=O)NS(=O)(=O)c3cccc(N)n3)c(N3CCCC34CCOC4)n2)c1.[HH].[HH].[HH]. The molecule has 40 heavy (non-hydrogen) atoms. The summed E-state index contributed by atoms with van der Waals surface area (Å²) in [5.41, 5.74) is 6.24. The molecule has 1 spiro atoms. The Kier molecular flexibility index (Phi) is 7.65. The minimum Gasteiger partial charge on any atom is -0.493 e. The molecule has 1 unspecified atom stereocenters. The predicted octanol–water partition coefficient (Wildman–Crippen LogP) is 4.52. The lowest BCUT2D eigenvalue weighted by Crippen LogP contribution is -2.46. The number of halogens is 1. The van der Waals surface area contributed by atoms with Crippen molar-refractivity contribution in [2.45, 2.75) is 43.7 Å². The first-order chi connectivity index (χ1) is 19.1. The van der Waals surface area contributed by atoms with Crippen molar-refractivity contribution in [1.82, 2.24) is 14.7 Å². The Hall–Kier alpha value is -3.77. The molecule has 2 saturated heterocycles. The van der Waals surface area contributed by atoms with Gasteiger partial charge in [0.2, 0.25) is 0 Å². The lowest BCUT2D eigenvalue weighted by atomic mass is 9.95. The number of nitrogen functional groups attached to an aromatic ring is 1. The molecule has 3 aromatic rings. The van der Waals surface area contributed by atoms with Crippen molar-refractivity contribution in [3.05, 3.63) is 59.9 Å². The van der Waals surface area contributed by atoms with E-state index >= 15 is 0 Å². The van der Waals surface area contributed by atoms with Gasteiger partial charge in [0.15, 0.2) is 5.03 Å². The topological polar surface area (TPSA) is 137 Å².